The molecule has 1 amide bonds. The van der Waals surface area contributed by atoms with Gasteiger partial charge in [-0.05, 0) is 49.2 Å². The highest BCUT2D eigenvalue weighted by Gasteiger charge is 2.25. The van der Waals surface area contributed by atoms with Crippen molar-refractivity contribution in [3.05, 3.63) is 70.9 Å². The molecule has 1 saturated heterocycles. The number of carbonyl (C=O) groups excluding carboxylic acids is 2. The van der Waals surface area contributed by atoms with Crippen molar-refractivity contribution in [3.63, 3.8) is 0 Å². The van der Waals surface area contributed by atoms with Crippen molar-refractivity contribution in [1.82, 2.24) is 0 Å². The second-order valence-electron chi connectivity index (χ2n) is 6.44. The fraction of sp³-hybridized carbons (Fsp3) is 0.190. The lowest BCUT2D eigenvalue weighted by Gasteiger charge is -2.15. The van der Waals surface area contributed by atoms with Crippen LogP contribution in [0.15, 0.2) is 59.2 Å². The summed E-state index contributed by atoms with van der Waals surface area (Å²) in [6.07, 6.45) is 3.20. The zero-order chi connectivity index (χ0) is 18.1. The number of carbonyl (C=O) groups is 2. The Morgan fingerprint density at radius 3 is 2.42 bits per heavy atom. The summed E-state index contributed by atoms with van der Waals surface area (Å²) in [5.41, 5.74) is 3.90. The lowest BCUT2D eigenvalue weighted by molar-refractivity contribution is -0.130. The number of cyclic esters (lactones) is 1. The topological polar surface area (TPSA) is 59.0 Å². The predicted octanol–water partition coefficient (Wildman–Crippen LogP) is 3.47. The number of aliphatic imine (C=N–C) groups is 1. The Bertz CT molecular complexity index is 925. The van der Waals surface area contributed by atoms with Crippen LogP contribution in [0.1, 0.15) is 29.5 Å². The summed E-state index contributed by atoms with van der Waals surface area (Å²) in [6.45, 7) is 2.76. The minimum absolute atomic E-state index is 0.144. The van der Waals surface area contributed by atoms with Crippen LogP contribution in [0.2, 0.25) is 0 Å². The number of esters is 1. The number of nitrogens with zero attached hydrogens (tertiary/aromatic N) is 2. The molecule has 0 bridgehead atoms. The number of ether oxygens (including phenoxy) is 1. The normalized spacial score (nSPS) is 18.4. The third-order valence-corrected chi connectivity index (χ3v) is 4.50. The van der Waals surface area contributed by atoms with Gasteiger partial charge in [-0.2, -0.15) is 0 Å². The molecule has 0 atom stereocenters. The van der Waals surface area contributed by atoms with Gasteiger partial charge in [-0.1, -0.05) is 29.8 Å². The number of rotatable bonds is 3. The molecule has 2 aliphatic heterocycles. The van der Waals surface area contributed by atoms with Crippen LogP contribution in [0, 0.1) is 6.92 Å². The molecule has 2 aromatic carbocycles. The Morgan fingerprint density at radius 2 is 1.77 bits per heavy atom. The maximum absolute atomic E-state index is 12.1. The number of hydrogen-bond acceptors (Lipinski definition) is 4. The summed E-state index contributed by atoms with van der Waals surface area (Å²) in [5, 5.41) is 0. The van der Waals surface area contributed by atoms with E-state index in [1.807, 2.05) is 55.5 Å². The Morgan fingerprint density at radius 1 is 1.04 bits per heavy atom. The van der Waals surface area contributed by atoms with Gasteiger partial charge in [0.05, 0.1) is 0 Å². The molecule has 0 spiro atoms. The number of hydrogen-bond donors (Lipinski definition) is 0. The molecule has 5 heteroatoms. The van der Waals surface area contributed by atoms with Crippen molar-refractivity contribution in [3.8, 4) is 0 Å². The monoisotopic (exact) mass is 346 g/mol. The molecule has 0 aromatic heterocycles. The maximum Gasteiger partial charge on any atom is 0.363 e. The smallest absolute Gasteiger partial charge is 0.363 e. The van der Waals surface area contributed by atoms with E-state index in [2.05, 4.69) is 4.99 Å². The van der Waals surface area contributed by atoms with Crippen molar-refractivity contribution in [1.29, 1.82) is 0 Å². The molecule has 4 rings (SSSR count). The van der Waals surface area contributed by atoms with Crippen LogP contribution in [0.5, 0.6) is 0 Å². The highest BCUT2D eigenvalue weighted by Crippen LogP contribution is 2.24. The SMILES string of the molecule is Cc1ccc(/C=C2/N=C(c3ccc(N4CCCC4=O)cc3)OC2=O)cc1. The summed E-state index contributed by atoms with van der Waals surface area (Å²) in [5.74, 6) is -0.0299. The quantitative estimate of drug-likeness (QED) is 0.632. The number of aryl methyl sites for hydroxylation is 1. The minimum Gasteiger partial charge on any atom is -0.402 e. The van der Waals surface area contributed by atoms with Crippen LogP contribution in [0.4, 0.5) is 5.69 Å². The van der Waals surface area contributed by atoms with Gasteiger partial charge in [0, 0.05) is 24.2 Å². The van der Waals surface area contributed by atoms with Gasteiger partial charge < -0.3 is 9.64 Å². The van der Waals surface area contributed by atoms with Crippen molar-refractivity contribution >= 4 is 29.5 Å². The molecule has 1 fully saturated rings. The average molecular weight is 346 g/mol. The summed E-state index contributed by atoms with van der Waals surface area (Å²) < 4.78 is 5.30. The maximum atomic E-state index is 12.1. The molecular formula is C21H18N2O3. The van der Waals surface area contributed by atoms with E-state index in [-0.39, 0.29) is 17.5 Å². The first-order valence-electron chi connectivity index (χ1n) is 8.60. The van der Waals surface area contributed by atoms with E-state index in [1.54, 1.807) is 11.0 Å². The van der Waals surface area contributed by atoms with Crippen LogP contribution in [-0.4, -0.2) is 24.3 Å². The van der Waals surface area contributed by atoms with E-state index in [1.165, 1.54) is 0 Å². The fourth-order valence-electron chi connectivity index (χ4n) is 3.06. The highest BCUT2D eigenvalue weighted by molar-refractivity contribution is 6.13. The van der Waals surface area contributed by atoms with E-state index in [0.717, 1.165) is 29.8 Å². The third kappa shape index (κ3) is 3.16. The van der Waals surface area contributed by atoms with Gasteiger partial charge in [-0.25, -0.2) is 9.79 Å². The van der Waals surface area contributed by atoms with Gasteiger partial charge >= 0.3 is 5.97 Å². The number of amides is 1. The van der Waals surface area contributed by atoms with Crippen LogP contribution in [0.3, 0.4) is 0 Å². The molecule has 0 unspecified atom stereocenters. The highest BCUT2D eigenvalue weighted by atomic mass is 16.6. The van der Waals surface area contributed by atoms with E-state index in [9.17, 15) is 9.59 Å². The third-order valence-electron chi connectivity index (χ3n) is 4.50. The Labute approximate surface area is 151 Å². The van der Waals surface area contributed by atoms with Gasteiger partial charge in [-0.3, -0.25) is 4.79 Å². The molecule has 0 radical (unpaired) electrons. The first kappa shape index (κ1) is 16.3. The van der Waals surface area contributed by atoms with E-state index < -0.39 is 5.97 Å². The molecule has 2 aliphatic rings. The van der Waals surface area contributed by atoms with Gasteiger partial charge in [0.25, 0.3) is 0 Å². The molecule has 0 N–H and O–H groups in total. The van der Waals surface area contributed by atoms with Crippen molar-refractivity contribution in [2.45, 2.75) is 19.8 Å². The first-order chi connectivity index (χ1) is 12.6. The molecule has 0 aliphatic carbocycles. The zero-order valence-electron chi connectivity index (χ0n) is 14.4. The summed E-state index contributed by atoms with van der Waals surface area (Å²) in [4.78, 5) is 30.0. The van der Waals surface area contributed by atoms with Crippen LogP contribution in [0.25, 0.3) is 6.08 Å². The minimum atomic E-state index is -0.459. The van der Waals surface area contributed by atoms with Gasteiger partial charge in [0.2, 0.25) is 11.8 Å². The second-order valence-corrected chi connectivity index (χ2v) is 6.44. The Balaban J connectivity index is 1.57. The van der Waals surface area contributed by atoms with Crippen molar-refractivity contribution in [2.24, 2.45) is 4.99 Å². The second kappa shape index (κ2) is 6.59. The van der Waals surface area contributed by atoms with Crippen LogP contribution < -0.4 is 4.90 Å². The fourth-order valence-corrected chi connectivity index (χ4v) is 3.06. The lowest BCUT2D eigenvalue weighted by atomic mass is 10.1. The summed E-state index contributed by atoms with van der Waals surface area (Å²) >= 11 is 0. The largest absolute Gasteiger partial charge is 0.402 e. The molecule has 0 saturated carbocycles. The summed E-state index contributed by atoms with van der Waals surface area (Å²) in [7, 11) is 0. The van der Waals surface area contributed by atoms with Crippen molar-refractivity contribution in [2.75, 3.05) is 11.4 Å². The standard InChI is InChI=1S/C21H18N2O3/c1-14-4-6-15(7-5-14)13-18-21(25)26-20(22-18)16-8-10-17(11-9-16)23-12-2-3-19(23)24/h4-11,13H,2-3,12H2,1H3/b18-13+. The van der Waals surface area contributed by atoms with E-state index >= 15 is 0 Å². The summed E-state index contributed by atoms with van der Waals surface area (Å²) in [6, 6.07) is 15.2. The molecule has 2 heterocycles. The number of benzene rings is 2. The Kier molecular flexibility index (Phi) is 4.13. The lowest BCUT2D eigenvalue weighted by Crippen LogP contribution is -2.23. The van der Waals surface area contributed by atoms with Crippen molar-refractivity contribution < 1.29 is 14.3 Å². The van der Waals surface area contributed by atoms with E-state index in [0.29, 0.717) is 12.0 Å². The predicted molar refractivity (Wildman–Crippen MR) is 99.8 cm³/mol. The van der Waals surface area contributed by atoms with Gasteiger partial charge in [-0.15, -0.1) is 0 Å². The first-order valence-corrected chi connectivity index (χ1v) is 8.60. The average Bonchev–Trinajstić information content (AvgIpc) is 3.23. The van der Waals surface area contributed by atoms with Gasteiger partial charge in [0.1, 0.15) is 0 Å². The van der Waals surface area contributed by atoms with E-state index in [4.69, 9.17) is 4.74 Å². The molecule has 26 heavy (non-hydrogen) atoms. The Hall–Kier alpha value is -3.21. The zero-order valence-corrected chi connectivity index (χ0v) is 14.4. The van der Waals surface area contributed by atoms with Crippen LogP contribution in [-0.2, 0) is 14.3 Å². The molecule has 2 aromatic rings. The molecular weight excluding hydrogens is 328 g/mol. The number of anilines is 1. The molecule has 130 valence electrons. The molecule has 5 nitrogen and oxygen atoms in total. The van der Waals surface area contributed by atoms with Crippen LogP contribution >= 0.6 is 0 Å². The van der Waals surface area contributed by atoms with Gasteiger partial charge in [0.15, 0.2) is 5.70 Å².